The van der Waals surface area contributed by atoms with Gasteiger partial charge in [0, 0.05) is 25.8 Å². The third-order valence-electron chi connectivity index (χ3n) is 3.45. The zero-order chi connectivity index (χ0) is 16.7. The summed E-state index contributed by atoms with van der Waals surface area (Å²) in [5, 5.41) is 8.73. The first-order valence-electron chi connectivity index (χ1n) is 7.29. The van der Waals surface area contributed by atoms with Gasteiger partial charge in [-0.3, -0.25) is 0 Å². The summed E-state index contributed by atoms with van der Waals surface area (Å²) in [6.45, 7) is 1.11. The Balaban J connectivity index is 1.84. The van der Waals surface area contributed by atoms with Gasteiger partial charge >= 0.3 is 0 Å². The van der Waals surface area contributed by atoms with Gasteiger partial charge in [0.05, 0.1) is 16.5 Å². The molecule has 0 fully saturated rings. The van der Waals surface area contributed by atoms with Gasteiger partial charge in [-0.25, -0.2) is 13.1 Å². The molecule has 0 heterocycles. The van der Waals surface area contributed by atoms with Gasteiger partial charge in [-0.1, -0.05) is 18.2 Å². The zero-order valence-corrected chi connectivity index (χ0v) is 13.8. The summed E-state index contributed by atoms with van der Waals surface area (Å²) in [4.78, 5) is 2.25. The van der Waals surface area contributed by atoms with Gasteiger partial charge in [0.1, 0.15) is 0 Å². The van der Waals surface area contributed by atoms with Crippen molar-refractivity contribution in [1.82, 2.24) is 4.72 Å². The fraction of sp³-hybridized carbons (Fsp3) is 0.235. The van der Waals surface area contributed by atoms with E-state index in [0.29, 0.717) is 18.5 Å². The number of rotatable bonds is 7. The lowest BCUT2D eigenvalue weighted by Gasteiger charge is -2.19. The molecule has 0 bridgehead atoms. The van der Waals surface area contributed by atoms with Crippen LogP contribution in [0.1, 0.15) is 12.0 Å². The molecule has 0 saturated carbocycles. The van der Waals surface area contributed by atoms with E-state index >= 15 is 0 Å². The molecule has 120 valence electrons. The maximum absolute atomic E-state index is 12.1. The van der Waals surface area contributed by atoms with E-state index in [-0.39, 0.29) is 4.90 Å². The van der Waals surface area contributed by atoms with E-state index in [4.69, 9.17) is 5.26 Å². The van der Waals surface area contributed by atoms with Crippen molar-refractivity contribution in [3.63, 3.8) is 0 Å². The number of benzene rings is 2. The molecule has 2 rings (SSSR count). The van der Waals surface area contributed by atoms with Crippen LogP contribution in [-0.4, -0.2) is 28.6 Å². The third-order valence-corrected chi connectivity index (χ3v) is 4.93. The number of hydrogen-bond acceptors (Lipinski definition) is 4. The first-order valence-corrected chi connectivity index (χ1v) is 8.77. The molecule has 0 spiro atoms. The summed E-state index contributed by atoms with van der Waals surface area (Å²) < 4.78 is 26.9. The number of nitrogens with zero attached hydrogens (tertiary/aromatic N) is 2. The number of para-hydroxylation sites is 1. The molecule has 0 saturated heterocycles. The molecule has 1 N–H and O–H groups in total. The van der Waals surface area contributed by atoms with E-state index in [1.165, 1.54) is 24.3 Å². The Morgan fingerprint density at radius 3 is 2.35 bits per heavy atom. The van der Waals surface area contributed by atoms with Crippen molar-refractivity contribution in [3.8, 4) is 6.07 Å². The Bertz CT molecular complexity index is 766. The van der Waals surface area contributed by atoms with E-state index in [2.05, 4.69) is 9.62 Å². The fourth-order valence-electron chi connectivity index (χ4n) is 2.13. The highest BCUT2D eigenvalue weighted by Crippen LogP contribution is 2.12. The van der Waals surface area contributed by atoms with Crippen LogP contribution < -0.4 is 9.62 Å². The molecule has 0 atom stereocenters. The van der Waals surface area contributed by atoms with Crippen LogP contribution in [0.3, 0.4) is 0 Å². The first-order chi connectivity index (χ1) is 11.0. The molecule has 2 aromatic rings. The highest BCUT2D eigenvalue weighted by atomic mass is 32.2. The average molecular weight is 329 g/mol. The second-order valence-electron chi connectivity index (χ2n) is 5.14. The summed E-state index contributed by atoms with van der Waals surface area (Å²) in [7, 11) is -1.55. The molecule has 2 aromatic carbocycles. The lowest BCUT2D eigenvalue weighted by Crippen LogP contribution is -2.28. The number of sulfonamides is 1. The Morgan fingerprint density at radius 2 is 1.74 bits per heavy atom. The first kappa shape index (κ1) is 17.0. The number of nitrogens with one attached hydrogen (secondary N) is 1. The van der Waals surface area contributed by atoms with E-state index in [1.807, 2.05) is 43.4 Å². The van der Waals surface area contributed by atoms with E-state index in [9.17, 15) is 8.42 Å². The van der Waals surface area contributed by atoms with Gasteiger partial charge in [-0.05, 0) is 42.8 Å². The van der Waals surface area contributed by atoms with Crippen molar-refractivity contribution in [2.75, 3.05) is 25.0 Å². The fourth-order valence-corrected chi connectivity index (χ4v) is 3.20. The quantitative estimate of drug-likeness (QED) is 0.792. The summed E-state index contributed by atoms with van der Waals surface area (Å²) in [5.41, 5.74) is 1.54. The minimum absolute atomic E-state index is 0.174. The number of anilines is 1. The Hall–Kier alpha value is -2.36. The van der Waals surface area contributed by atoms with Crippen molar-refractivity contribution < 1.29 is 8.42 Å². The SMILES string of the molecule is CN(CCCNS(=O)(=O)c1ccc(C#N)cc1)c1ccccc1. The third kappa shape index (κ3) is 4.81. The minimum atomic E-state index is -3.53. The number of hydrogen-bond donors (Lipinski definition) is 1. The van der Waals surface area contributed by atoms with Crippen molar-refractivity contribution in [2.45, 2.75) is 11.3 Å². The molecule has 5 nitrogen and oxygen atoms in total. The van der Waals surface area contributed by atoms with Crippen LogP contribution in [0.25, 0.3) is 0 Å². The second-order valence-corrected chi connectivity index (χ2v) is 6.91. The Morgan fingerprint density at radius 1 is 1.09 bits per heavy atom. The second kappa shape index (κ2) is 7.77. The molecule has 0 aromatic heterocycles. The van der Waals surface area contributed by atoms with Crippen LogP contribution in [0.2, 0.25) is 0 Å². The largest absolute Gasteiger partial charge is 0.375 e. The predicted molar refractivity (Wildman–Crippen MR) is 90.7 cm³/mol. The van der Waals surface area contributed by atoms with Crippen LogP contribution >= 0.6 is 0 Å². The van der Waals surface area contributed by atoms with Crippen molar-refractivity contribution in [1.29, 1.82) is 5.26 Å². The molecule has 0 unspecified atom stereocenters. The smallest absolute Gasteiger partial charge is 0.240 e. The van der Waals surface area contributed by atoms with Gasteiger partial charge < -0.3 is 4.90 Å². The summed E-state index contributed by atoms with van der Waals surface area (Å²) >= 11 is 0. The zero-order valence-electron chi connectivity index (χ0n) is 12.9. The molecule has 0 aliphatic heterocycles. The minimum Gasteiger partial charge on any atom is -0.375 e. The highest BCUT2D eigenvalue weighted by Gasteiger charge is 2.13. The van der Waals surface area contributed by atoms with E-state index in [1.54, 1.807) is 0 Å². The van der Waals surface area contributed by atoms with Crippen LogP contribution in [-0.2, 0) is 10.0 Å². The molecule has 0 aliphatic carbocycles. The normalized spacial score (nSPS) is 11.0. The van der Waals surface area contributed by atoms with Crippen molar-refractivity contribution in [3.05, 3.63) is 60.2 Å². The Kier molecular flexibility index (Phi) is 5.74. The molecular weight excluding hydrogens is 310 g/mol. The monoisotopic (exact) mass is 329 g/mol. The maximum atomic E-state index is 12.1. The van der Waals surface area contributed by atoms with Gasteiger partial charge in [-0.15, -0.1) is 0 Å². The average Bonchev–Trinajstić information content (AvgIpc) is 2.59. The topological polar surface area (TPSA) is 73.2 Å². The van der Waals surface area contributed by atoms with Gasteiger partial charge in [0.25, 0.3) is 0 Å². The molecule has 6 heteroatoms. The van der Waals surface area contributed by atoms with Crippen LogP contribution in [0.4, 0.5) is 5.69 Å². The van der Waals surface area contributed by atoms with Crippen LogP contribution in [0, 0.1) is 11.3 Å². The van der Waals surface area contributed by atoms with Crippen molar-refractivity contribution >= 4 is 15.7 Å². The summed E-state index contributed by atoms with van der Waals surface area (Å²) in [6.07, 6.45) is 0.695. The van der Waals surface area contributed by atoms with Crippen molar-refractivity contribution in [2.24, 2.45) is 0 Å². The standard InChI is InChI=1S/C17H19N3O2S/c1-20(16-6-3-2-4-7-16)13-5-12-19-23(21,22)17-10-8-15(14-18)9-11-17/h2-4,6-11,19H,5,12-13H2,1H3. The van der Waals surface area contributed by atoms with Crippen LogP contribution in [0.15, 0.2) is 59.5 Å². The lowest BCUT2D eigenvalue weighted by atomic mass is 10.2. The molecule has 0 aliphatic rings. The van der Waals surface area contributed by atoms with E-state index in [0.717, 1.165) is 12.2 Å². The molecular formula is C17H19N3O2S. The maximum Gasteiger partial charge on any atom is 0.240 e. The summed E-state index contributed by atoms with van der Waals surface area (Å²) in [5.74, 6) is 0. The lowest BCUT2D eigenvalue weighted by molar-refractivity contribution is 0.579. The highest BCUT2D eigenvalue weighted by molar-refractivity contribution is 7.89. The molecule has 0 amide bonds. The Labute approximate surface area is 137 Å². The molecule has 0 radical (unpaired) electrons. The van der Waals surface area contributed by atoms with Gasteiger partial charge in [0.2, 0.25) is 10.0 Å². The van der Waals surface area contributed by atoms with Gasteiger partial charge in [-0.2, -0.15) is 5.26 Å². The molecule has 23 heavy (non-hydrogen) atoms. The number of nitriles is 1. The predicted octanol–water partition coefficient (Wildman–Crippen LogP) is 2.36. The van der Waals surface area contributed by atoms with E-state index < -0.39 is 10.0 Å². The van der Waals surface area contributed by atoms with Crippen LogP contribution in [0.5, 0.6) is 0 Å². The summed E-state index contributed by atoms with van der Waals surface area (Å²) in [6, 6.07) is 17.8. The van der Waals surface area contributed by atoms with Gasteiger partial charge in [0.15, 0.2) is 0 Å².